The van der Waals surface area contributed by atoms with Crippen molar-refractivity contribution in [2.45, 2.75) is 25.8 Å². The van der Waals surface area contributed by atoms with Crippen molar-refractivity contribution >= 4 is 5.96 Å². The Kier molecular flexibility index (Phi) is 7.22. The average Bonchev–Trinajstić information content (AvgIpc) is 2.74. The van der Waals surface area contributed by atoms with Gasteiger partial charge >= 0.3 is 0 Å². The minimum absolute atomic E-state index is 0.507. The first-order valence-electron chi connectivity index (χ1n) is 9.96. The van der Waals surface area contributed by atoms with Crippen molar-refractivity contribution in [1.82, 2.24) is 20.1 Å². The Morgan fingerprint density at radius 3 is 2.44 bits per heavy atom. The van der Waals surface area contributed by atoms with Crippen LogP contribution in [0.2, 0.25) is 0 Å². The van der Waals surface area contributed by atoms with Gasteiger partial charge in [0.05, 0.1) is 0 Å². The molecule has 1 aliphatic rings. The summed E-state index contributed by atoms with van der Waals surface area (Å²) in [7, 11) is 1.87. The molecule has 0 amide bonds. The normalized spacial score (nSPS) is 17.0. The highest BCUT2D eigenvalue weighted by Crippen LogP contribution is 2.25. The number of piperazine rings is 1. The van der Waals surface area contributed by atoms with Gasteiger partial charge in [0.2, 0.25) is 0 Å². The molecule has 2 aromatic rings. The first-order valence-corrected chi connectivity index (χ1v) is 9.96. The standard InChI is InChI=1S/C22H31N5/c1-3-21(19-9-5-4-6-10-19)26-15-17-27(18-16-26)22(23-2)25-14-12-20-11-7-8-13-24-20/h4-11,13,21H,3,12,14-18H2,1-2H3,(H,23,25). The fraction of sp³-hybridized carbons (Fsp3) is 0.455. The van der Waals surface area contributed by atoms with Gasteiger partial charge in [-0.15, -0.1) is 0 Å². The Morgan fingerprint density at radius 2 is 1.81 bits per heavy atom. The lowest BCUT2D eigenvalue weighted by molar-refractivity contribution is 0.127. The molecule has 1 aliphatic heterocycles. The van der Waals surface area contributed by atoms with Gasteiger partial charge in [-0.3, -0.25) is 14.9 Å². The maximum absolute atomic E-state index is 4.48. The molecule has 5 nitrogen and oxygen atoms in total. The van der Waals surface area contributed by atoms with Gasteiger partial charge in [-0.1, -0.05) is 43.3 Å². The summed E-state index contributed by atoms with van der Waals surface area (Å²) in [6.07, 6.45) is 3.90. The lowest BCUT2D eigenvalue weighted by atomic mass is 10.0. The Bertz CT molecular complexity index is 693. The van der Waals surface area contributed by atoms with Crippen molar-refractivity contribution in [3.05, 3.63) is 66.0 Å². The number of nitrogens with zero attached hydrogens (tertiary/aromatic N) is 4. The Morgan fingerprint density at radius 1 is 1.07 bits per heavy atom. The van der Waals surface area contributed by atoms with E-state index in [0.717, 1.165) is 57.2 Å². The van der Waals surface area contributed by atoms with Crippen LogP contribution in [0.5, 0.6) is 0 Å². The minimum Gasteiger partial charge on any atom is -0.356 e. The molecule has 1 aromatic carbocycles. The van der Waals surface area contributed by atoms with Crippen LogP contribution in [0.4, 0.5) is 0 Å². The molecule has 0 aliphatic carbocycles. The third-order valence-electron chi connectivity index (χ3n) is 5.23. The third-order valence-corrected chi connectivity index (χ3v) is 5.23. The molecular weight excluding hydrogens is 334 g/mol. The zero-order valence-corrected chi connectivity index (χ0v) is 16.5. The highest BCUT2D eigenvalue weighted by atomic mass is 15.3. The molecule has 0 bridgehead atoms. The SMILES string of the molecule is CCC(c1ccccc1)N1CCN(C(=NC)NCCc2ccccn2)CC1. The zero-order valence-electron chi connectivity index (χ0n) is 16.5. The fourth-order valence-corrected chi connectivity index (χ4v) is 3.81. The second kappa shape index (κ2) is 10.1. The highest BCUT2D eigenvalue weighted by molar-refractivity contribution is 5.80. The van der Waals surface area contributed by atoms with E-state index in [9.17, 15) is 0 Å². The molecule has 0 saturated carbocycles. The van der Waals surface area contributed by atoms with E-state index in [1.165, 1.54) is 5.56 Å². The van der Waals surface area contributed by atoms with Gasteiger partial charge in [-0.2, -0.15) is 0 Å². The topological polar surface area (TPSA) is 43.8 Å². The summed E-state index contributed by atoms with van der Waals surface area (Å²) in [5.74, 6) is 0.998. The predicted octanol–water partition coefficient (Wildman–Crippen LogP) is 2.97. The van der Waals surface area contributed by atoms with Gasteiger partial charge in [-0.25, -0.2) is 0 Å². The van der Waals surface area contributed by atoms with Gasteiger partial charge in [0.1, 0.15) is 0 Å². The van der Waals surface area contributed by atoms with Crippen LogP contribution in [-0.4, -0.2) is 60.5 Å². The van der Waals surface area contributed by atoms with E-state index in [2.05, 4.69) is 68.4 Å². The van der Waals surface area contributed by atoms with Crippen LogP contribution >= 0.6 is 0 Å². The number of hydrogen-bond acceptors (Lipinski definition) is 3. The van der Waals surface area contributed by atoms with Crippen molar-refractivity contribution < 1.29 is 0 Å². The molecule has 1 unspecified atom stereocenters. The third kappa shape index (κ3) is 5.30. The maximum atomic E-state index is 4.48. The zero-order chi connectivity index (χ0) is 18.9. The molecule has 1 aromatic heterocycles. The maximum Gasteiger partial charge on any atom is 0.193 e. The van der Waals surface area contributed by atoms with E-state index in [1.807, 2.05) is 25.4 Å². The number of aromatic nitrogens is 1. The minimum atomic E-state index is 0.507. The van der Waals surface area contributed by atoms with Crippen LogP contribution in [0, 0.1) is 0 Å². The van der Waals surface area contributed by atoms with E-state index in [1.54, 1.807) is 0 Å². The summed E-state index contributed by atoms with van der Waals surface area (Å²) in [6.45, 7) is 7.27. The van der Waals surface area contributed by atoms with Crippen molar-refractivity contribution in [3.63, 3.8) is 0 Å². The van der Waals surface area contributed by atoms with E-state index in [0.29, 0.717) is 6.04 Å². The number of benzene rings is 1. The summed E-state index contributed by atoms with van der Waals surface area (Å²) >= 11 is 0. The van der Waals surface area contributed by atoms with E-state index in [4.69, 9.17) is 0 Å². The molecule has 1 fully saturated rings. The average molecular weight is 366 g/mol. The molecule has 1 saturated heterocycles. The lowest BCUT2D eigenvalue weighted by Crippen LogP contribution is -2.53. The van der Waals surface area contributed by atoms with Crippen LogP contribution in [-0.2, 0) is 6.42 Å². The van der Waals surface area contributed by atoms with Gasteiger partial charge in [0, 0.05) is 64.1 Å². The molecule has 1 N–H and O–H groups in total. The number of guanidine groups is 1. The monoisotopic (exact) mass is 365 g/mol. The molecule has 3 rings (SSSR count). The summed E-state index contributed by atoms with van der Waals surface area (Å²) < 4.78 is 0. The first kappa shape index (κ1) is 19.4. The fourth-order valence-electron chi connectivity index (χ4n) is 3.81. The molecule has 5 heteroatoms. The Hall–Kier alpha value is -2.40. The van der Waals surface area contributed by atoms with E-state index in [-0.39, 0.29) is 0 Å². The molecular formula is C22H31N5. The number of nitrogens with one attached hydrogen (secondary N) is 1. The first-order chi connectivity index (χ1) is 13.3. The Balaban J connectivity index is 1.49. The van der Waals surface area contributed by atoms with Crippen LogP contribution in [0.15, 0.2) is 59.7 Å². The molecule has 1 atom stereocenters. The predicted molar refractivity (Wildman–Crippen MR) is 112 cm³/mol. The van der Waals surface area contributed by atoms with E-state index >= 15 is 0 Å². The number of aliphatic imine (C=N–C) groups is 1. The van der Waals surface area contributed by atoms with Crippen LogP contribution in [0.1, 0.15) is 30.6 Å². The lowest BCUT2D eigenvalue weighted by Gasteiger charge is -2.40. The van der Waals surface area contributed by atoms with Crippen LogP contribution in [0.25, 0.3) is 0 Å². The molecule has 0 radical (unpaired) electrons. The number of hydrogen-bond donors (Lipinski definition) is 1. The van der Waals surface area contributed by atoms with Gasteiger partial charge in [0.25, 0.3) is 0 Å². The Labute approximate surface area is 163 Å². The van der Waals surface area contributed by atoms with Gasteiger partial charge in [-0.05, 0) is 24.1 Å². The smallest absolute Gasteiger partial charge is 0.193 e. The summed E-state index contributed by atoms with van der Waals surface area (Å²) in [5.41, 5.74) is 2.53. The second-order valence-electron chi connectivity index (χ2n) is 6.90. The van der Waals surface area contributed by atoms with Gasteiger partial charge < -0.3 is 10.2 Å². The summed E-state index contributed by atoms with van der Waals surface area (Å²) in [6, 6.07) is 17.4. The second-order valence-corrected chi connectivity index (χ2v) is 6.90. The van der Waals surface area contributed by atoms with Gasteiger partial charge in [0.15, 0.2) is 5.96 Å². The van der Waals surface area contributed by atoms with Crippen molar-refractivity contribution in [2.75, 3.05) is 39.8 Å². The quantitative estimate of drug-likeness (QED) is 0.631. The van der Waals surface area contributed by atoms with Crippen molar-refractivity contribution in [1.29, 1.82) is 0 Å². The highest BCUT2D eigenvalue weighted by Gasteiger charge is 2.25. The van der Waals surface area contributed by atoms with Crippen molar-refractivity contribution in [3.8, 4) is 0 Å². The van der Waals surface area contributed by atoms with Crippen LogP contribution < -0.4 is 5.32 Å². The van der Waals surface area contributed by atoms with Crippen LogP contribution in [0.3, 0.4) is 0 Å². The molecule has 27 heavy (non-hydrogen) atoms. The number of pyridine rings is 1. The molecule has 144 valence electrons. The molecule has 0 spiro atoms. The largest absolute Gasteiger partial charge is 0.356 e. The van der Waals surface area contributed by atoms with Crippen molar-refractivity contribution in [2.24, 2.45) is 4.99 Å². The summed E-state index contributed by atoms with van der Waals surface area (Å²) in [4.78, 5) is 13.8. The van der Waals surface area contributed by atoms with E-state index < -0.39 is 0 Å². The molecule has 2 heterocycles. The number of rotatable bonds is 6. The summed E-state index contributed by atoms with van der Waals surface area (Å²) in [5, 5.41) is 3.49.